The predicted molar refractivity (Wildman–Crippen MR) is 53.9 cm³/mol. The van der Waals surface area contributed by atoms with E-state index in [9.17, 15) is 0 Å². The molecule has 0 aromatic rings. The SMILES string of the molecule is C[C@@H]1CNCCN1CC1CC1.Cl. The Morgan fingerprint density at radius 3 is 2.75 bits per heavy atom. The molecule has 0 spiro atoms. The van der Waals surface area contributed by atoms with Gasteiger partial charge in [0.2, 0.25) is 0 Å². The highest BCUT2D eigenvalue weighted by Crippen LogP contribution is 2.30. The van der Waals surface area contributed by atoms with Crippen LogP contribution in [0.1, 0.15) is 19.8 Å². The molecule has 3 heteroatoms. The number of piperazine rings is 1. The minimum Gasteiger partial charge on any atom is -0.314 e. The van der Waals surface area contributed by atoms with Gasteiger partial charge < -0.3 is 5.32 Å². The van der Waals surface area contributed by atoms with Gasteiger partial charge in [0, 0.05) is 32.2 Å². The molecule has 0 radical (unpaired) electrons. The molecule has 1 saturated carbocycles. The Hall–Kier alpha value is 0.210. The third kappa shape index (κ3) is 2.61. The van der Waals surface area contributed by atoms with E-state index >= 15 is 0 Å². The van der Waals surface area contributed by atoms with Crippen molar-refractivity contribution in [2.75, 3.05) is 26.2 Å². The largest absolute Gasteiger partial charge is 0.314 e. The average Bonchev–Trinajstić information content (AvgIpc) is 2.78. The average molecular weight is 191 g/mol. The number of hydrogen-bond acceptors (Lipinski definition) is 2. The Kier molecular flexibility index (Phi) is 3.81. The molecule has 0 aromatic heterocycles. The molecule has 1 saturated heterocycles. The zero-order chi connectivity index (χ0) is 7.68. The van der Waals surface area contributed by atoms with Gasteiger partial charge in [0.05, 0.1) is 0 Å². The standard InChI is InChI=1S/C9H18N2.ClH/c1-8-6-10-4-5-11(8)7-9-2-3-9;/h8-10H,2-7H2,1H3;1H/t8-;/m1./s1. The van der Waals surface area contributed by atoms with E-state index in [0.29, 0.717) is 0 Å². The second-order valence-electron chi connectivity index (χ2n) is 3.99. The lowest BCUT2D eigenvalue weighted by Gasteiger charge is -2.33. The molecule has 2 nitrogen and oxygen atoms in total. The molecule has 2 aliphatic rings. The summed E-state index contributed by atoms with van der Waals surface area (Å²) in [6.45, 7) is 7.33. The van der Waals surface area contributed by atoms with Crippen LogP contribution < -0.4 is 5.32 Å². The van der Waals surface area contributed by atoms with Crippen LogP contribution >= 0.6 is 12.4 Å². The molecule has 2 rings (SSSR count). The summed E-state index contributed by atoms with van der Waals surface area (Å²) in [6.07, 6.45) is 2.97. The van der Waals surface area contributed by atoms with Crippen LogP contribution in [-0.2, 0) is 0 Å². The highest BCUT2D eigenvalue weighted by Gasteiger charge is 2.27. The Bertz CT molecular complexity index is 136. The van der Waals surface area contributed by atoms with Crippen molar-refractivity contribution in [3.63, 3.8) is 0 Å². The van der Waals surface area contributed by atoms with Gasteiger partial charge >= 0.3 is 0 Å². The van der Waals surface area contributed by atoms with E-state index in [1.807, 2.05) is 0 Å². The van der Waals surface area contributed by atoms with E-state index in [4.69, 9.17) is 0 Å². The summed E-state index contributed by atoms with van der Waals surface area (Å²) in [7, 11) is 0. The van der Waals surface area contributed by atoms with E-state index in [1.165, 1.54) is 39.0 Å². The summed E-state index contributed by atoms with van der Waals surface area (Å²) in [5.41, 5.74) is 0. The zero-order valence-electron chi connectivity index (χ0n) is 7.75. The van der Waals surface area contributed by atoms with Crippen molar-refractivity contribution < 1.29 is 0 Å². The van der Waals surface area contributed by atoms with Crippen molar-refractivity contribution >= 4 is 12.4 Å². The third-order valence-electron chi connectivity index (χ3n) is 2.83. The van der Waals surface area contributed by atoms with E-state index in [-0.39, 0.29) is 12.4 Å². The molecule has 1 atom stereocenters. The Labute approximate surface area is 81.1 Å². The van der Waals surface area contributed by atoms with E-state index < -0.39 is 0 Å². The van der Waals surface area contributed by atoms with Crippen LogP contribution in [0.3, 0.4) is 0 Å². The van der Waals surface area contributed by atoms with Gasteiger partial charge in [0.1, 0.15) is 0 Å². The highest BCUT2D eigenvalue weighted by molar-refractivity contribution is 5.85. The number of nitrogens with one attached hydrogen (secondary N) is 1. The lowest BCUT2D eigenvalue weighted by Crippen LogP contribution is -2.50. The first-order valence-corrected chi connectivity index (χ1v) is 4.81. The fraction of sp³-hybridized carbons (Fsp3) is 1.00. The number of halogens is 1. The maximum Gasteiger partial charge on any atom is 0.0193 e. The molecule has 0 amide bonds. The van der Waals surface area contributed by atoms with Crippen molar-refractivity contribution in [2.24, 2.45) is 5.92 Å². The number of nitrogens with zero attached hydrogens (tertiary/aromatic N) is 1. The fourth-order valence-electron chi connectivity index (χ4n) is 1.79. The van der Waals surface area contributed by atoms with Crippen molar-refractivity contribution in [2.45, 2.75) is 25.8 Å². The van der Waals surface area contributed by atoms with Gasteiger partial charge in [0.15, 0.2) is 0 Å². The van der Waals surface area contributed by atoms with E-state index in [0.717, 1.165) is 12.0 Å². The first kappa shape index (κ1) is 10.3. The van der Waals surface area contributed by atoms with Crippen LogP contribution in [0.15, 0.2) is 0 Å². The van der Waals surface area contributed by atoms with E-state index in [2.05, 4.69) is 17.1 Å². The molecule has 1 aliphatic carbocycles. The van der Waals surface area contributed by atoms with Gasteiger partial charge in [-0.05, 0) is 25.7 Å². The summed E-state index contributed by atoms with van der Waals surface area (Å²) in [5.74, 6) is 1.05. The van der Waals surface area contributed by atoms with E-state index in [1.54, 1.807) is 0 Å². The van der Waals surface area contributed by atoms with Crippen molar-refractivity contribution in [3.8, 4) is 0 Å². The summed E-state index contributed by atoms with van der Waals surface area (Å²) < 4.78 is 0. The smallest absolute Gasteiger partial charge is 0.0193 e. The van der Waals surface area contributed by atoms with Gasteiger partial charge in [0.25, 0.3) is 0 Å². The fourth-order valence-corrected chi connectivity index (χ4v) is 1.79. The molecular weight excluding hydrogens is 172 g/mol. The van der Waals surface area contributed by atoms with Crippen LogP contribution in [-0.4, -0.2) is 37.1 Å². The number of rotatable bonds is 2. The molecule has 72 valence electrons. The number of hydrogen-bond donors (Lipinski definition) is 1. The van der Waals surface area contributed by atoms with Crippen LogP contribution in [0.2, 0.25) is 0 Å². The van der Waals surface area contributed by atoms with Gasteiger partial charge in [-0.3, -0.25) is 4.90 Å². The summed E-state index contributed by atoms with van der Waals surface area (Å²) in [5, 5.41) is 3.42. The van der Waals surface area contributed by atoms with Gasteiger partial charge in [-0.25, -0.2) is 0 Å². The van der Waals surface area contributed by atoms with Crippen molar-refractivity contribution in [1.29, 1.82) is 0 Å². The maximum atomic E-state index is 3.42. The molecule has 1 N–H and O–H groups in total. The van der Waals surface area contributed by atoms with Crippen LogP contribution in [0.4, 0.5) is 0 Å². The normalized spacial score (nSPS) is 31.2. The monoisotopic (exact) mass is 190 g/mol. The minimum absolute atomic E-state index is 0. The first-order chi connectivity index (χ1) is 5.36. The quantitative estimate of drug-likeness (QED) is 0.702. The van der Waals surface area contributed by atoms with Gasteiger partial charge in [-0.15, -0.1) is 12.4 Å². The second-order valence-corrected chi connectivity index (χ2v) is 3.99. The second kappa shape index (κ2) is 4.45. The molecular formula is C9H19ClN2. The molecule has 1 heterocycles. The molecule has 0 aromatic carbocycles. The predicted octanol–water partition coefficient (Wildman–Crippen LogP) is 1.11. The van der Waals surface area contributed by atoms with Gasteiger partial charge in [-0.2, -0.15) is 0 Å². The zero-order valence-corrected chi connectivity index (χ0v) is 8.57. The first-order valence-electron chi connectivity index (χ1n) is 4.81. The van der Waals surface area contributed by atoms with Gasteiger partial charge in [-0.1, -0.05) is 0 Å². The lowest BCUT2D eigenvalue weighted by molar-refractivity contribution is 0.167. The van der Waals surface area contributed by atoms with Crippen molar-refractivity contribution in [3.05, 3.63) is 0 Å². The maximum absolute atomic E-state index is 3.42. The van der Waals surface area contributed by atoms with Crippen LogP contribution in [0.5, 0.6) is 0 Å². The topological polar surface area (TPSA) is 15.3 Å². The Morgan fingerprint density at radius 1 is 1.42 bits per heavy atom. The summed E-state index contributed by atoms with van der Waals surface area (Å²) in [6, 6.07) is 0.768. The molecule has 1 aliphatic heterocycles. The van der Waals surface area contributed by atoms with Crippen LogP contribution in [0.25, 0.3) is 0 Å². The summed E-state index contributed by atoms with van der Waals surface area (Å²) >= 11 is 0. The summed E-state index contributed by atoms with van der Waals surface area (Å²) in [4.78, 5) is 2.63. The molecule has 0 unspecified atom stereocenters. The van der Waals surface area contributed by atoms with Crippen molar-refractivity contribution in [1.82, 2.24) is 10.2 Å². The lowest BCUT2D eigenvalue weighted by atomic mass is 10.2. The minimum atomic E-state index is 0. The highest BCUT2D eigenvalue weighted by atomic mass is 35.5. The third-order valence-corrected chi connectivity index (χ3v) is 2.83. The van der Waals surface area contributed by atoms with Crippen LogP contribution in [0, 0.1) is 5.92 Å². The molecule has 12 heavy (non-hydrogen) atoms. The Balaban J connectivity index is 0.000000720. The Morgan fingerprint density at radius 2 is 2.17 bits per heavy atom. The molecule has 2 fully saturated rings. The molecule has 0 bridgehead atoms.